The van der Waals surface area contributed by atoms with Crippen molar-refractivity contribution in [3.63, 3.8) is 0 Å². The molecule has 0 saturated carbocycles. The lowest BCUT2D eigenvalue weighted by molar-refractivity contribution is 0.293. The Morgan fingerprint density at radius 2 is 1.94 bits per heavy atom. The van der Waals surface area contributed by atoms with Crippen molar-refractivity contribution in [1.29, 1.82) is 0 Å². The summed E-state index contributed by atoms with van der Waals surface area (Å²) in [5.41, 5.74) is 1.12. The Bertz CT molecular complexity index is 485. The van der Waals surface area contributed by atoms with Crippen molar-refractivity contribution in [1.82, 2.24) is 9.97 Å². The zero-order valence-corrected chi connectivity index (χ0v) is 9.97. The molecule has 17 heavy (non-hydrogen) atoms. The van der Waals surface area contributed by atoms with E-state index in [4.69, 9.17) is 4.74 Å². The molecule has 0 atom stereocenters. The second kappa shape index (κ2) is 5.30. The van der Waals surface area contributed by atoms with E-state index in [2.05, 4.69) is 15.3 Å². The van der Waals surface area contributed by atoms with Crippen LogP contribution < -0.4 is 10.1 Å². The highest BCUT2D eigenvalue weighted by atomic mass is 16.5. The normalized spacial score (nSPS) is 10.0. The number of aromatic nitrogens is 2. The number of hydrogen-bond acceptors (Lipinski definition) is 4. The van der Waals surface area contributed by atoms with Gasteiger partial charge in [-0.15, -0.1) is 0 Å². The molecule has 1 aromatic carbocycles. The van der Waals surface area contributed by atoms with Gasteiger partial charge in [-0.25, -0.2) is 4.98 Å². The molecule has 0 aliphatic rings. The molecule has 4 nitrogen and oxygen atoms in total. The van der Waals surface area contributed by atoms with E-state index in [0.29, 0.717) is 18.3 Å². The molecule has 0 amide bonds. The van der Waals surface area contributed by atoms with Crippen LogP contribution in [0.4, 0.5) is 5.82 Å². The molecule has 1 N–H and O–H groups in total. The second-order valence-electron chi connectivity index (χ2n) is 3.66. The van der Waals surface area contributed by atoms with E-state index in [1.165, 1.54) is 0 Å². The van der Waals surface area contributed by atoms with E-state index in [9.17, 15) is 0 Å². The average molecular weight is 229 g/mol. The number of aryl methyl sites for hydroxylation is 1. The quantitative estimate of drug-likeness (QED) is 0.874. The highest BCUT2D eigenvalue weighted by Gasteiger charge is 2.01. The summed E-state index contributed by atoms with van der Waals surface area (Å²) in [6.07, 6.45) is 0. The number of hydrogen-bond donors (Lipinski definition) is 1. The summed E-state index contributed by atoms with van der Waals surface area (Å²) in [5.74, 6) is 2.05. The van der Waals surface area contributed by atoms with E-state index in [-0.39, 0.29) is 0 Å². The largest absolute Gasteiger partial charge is 0.473 e. The van der Waals surface area contributed by atoms with Gasteiger partial charge in [0, 0.05) is 13.1 Å². The molecule has 0 bridgehead atoms. The molecule has 0 radical (unpaired) electrons. The summed E-state index contributed by atoms with van der Waals surface area (Å²) >= 11 is 0. The van der Waals surface area contributed by atoms with Crippen molar-refractivity contribution in [3.05, 3.63) is 47.8 Å². The van der Waals surface area contributed by atoms with E-state index < -0.39 is 0 Å². The standard InChI is InChI=1S/C13H15N3O/c1-10-15-12(14-2)8-13(16-10)17-9-11-6-4-3-5-7-11/h3-8H,9H2,1-2H3,(H,14,15,16). The summed E-state index contributed by atoms with van der Waals surface area (Å²) in [6, 6.07) is 11.8. The maximum Gasteiger partial charge on any atom is 0.219 e. The minimum Gasteiger partial charge on any atom is -0.473 e. The third-order valence-corrected chi connectivity index (χ3v) is 2.30. The van der Waals surface area contributed by atoms with Crippen molar-refractivity contribution in [2.75, 3.05) is 12.4 Å². The molecule has 0 spiro atoms. The number of anilines is 1. The SMILES string of the molecule is CNc1cc(OCc2ccccc2)nc(C)n1. The average Bonchev–Trinajstić information content (AvgIpc) is 2.37. The summed E-state index contributed by atoms with van der Waals surface area (Å²) in [4.78, 5) is 8.43. The molecule has 1 aromatic heterocycles. The summed E-state index contributed by atoms with van der Waals surface area (Å²) in [7, 11) is 1.82. The lowest BCUT2D eigenvalue weighted by Gasteiger charge is -2.07. The van der Waals surface area contributed by atoms with Gasteiger partial charge in [0.25, 0.3) is 0 Å². The minimum absolute atomic E-state index is 0.514. The smallest absolute Gasteiger partial charge is 0.219 e. The van der Waals surface area contributed by atoms with Crippen molar-refractivity contribution >= 4 is 5.82 Å². The molecule has 0 aliphatic heterocycles. The van der Waals surface area contributed by atoms with E-state index in [1.807, 2.05) is 44.3 Å². The van der Waals surface area contributed by atoms with Crippen LogP contribution >= 0.6 is 0 Å². The first-order valence-corrected chi connectivity index (χ1v) is 5.48. The second-order valence-corrected chi connectivity index (χ2v) is 3.66. The molecule has 1 heterocycles. The van der Waals surface area contributed by atoms with Crippen LogP contribution in [0.15, 0.2) is 36.4 Å². The number of ether oxygens (including phenoxy) is 1. The van der Waals surface area contributed by atoms with Crippen molar-refractivity contribution in [3.8, 4) is 5.88 Å². The summed E-state index contributed by atoms with van der Waals surface area (Å²) < 4.78 is 5.62. The first kappa shape index (κ1) is 11.4. The van der Waals surface area contributed by atoms with Crippen LogP contribution in [0.3, 0.4) is 0 Å². The lowest BCUT2D eigenvalue weighted by atomic mass is 10.2. The van der Waals surface area contributed by atoms with Gasteiger partial charge in [0.2, 0.25) is 5.88 Å². The molecular weight excluding hydrogens is 214 g/mol. The lowest BCUT2D eigenvalue weighted by Crippen LogP contribution is -2.01. The van der Waals surface area contributed by atoms with Gasteiger partial charge in [0.15, 0.2) is 0 Å². The molecule has 0 saturated heterocycles. The fourth-order valence-corrected chi connectivity index (χ4v) is 1.47. The van der Waals surface area contributed by atoms with Gasteiger partial charge in [-0.05, 0) is 12.5 Å². The highest BCUT2D eigenvalue weighted by molar-refractivity contribution is 5.37. The van der Waals surface area contributed by atoms with Gasteiger partial charge in [0.05, 0.1) is 0 Å². The Labute approximate surface area is 101 Å². The predicted molar refractivity (Wildman–Crippen MR) is 67.1 cm³/mol. The highest BCUT2D eigenvalue weighted by Crippen LogP contribution is 2.14. The Hall–Kier alpha value is -2.10. The van der Waals surface area contributed by atoms with Crippen molar-refractivity contribution in [2.24, 2.45) is 0 Å². The van der Waals surface area contributed by atoms with Crippen molar-refractivity contribution < 1.29 is 4.74 Å². The monoisotopic (exact) mass is 229 g/mol. The molecule has 4 heteroatoms. The third kappa shape index (κ3) is 3.17. The molecule has 2 aromatic rings. The van der Waals surface area contributed by atoms with Crippen LogP contribution in [-0.2, 0) is 6.61 Å². The number of nitrogens with zero attached hydrogens (tertiary/aromatic N) is 2. The van der Waals surface area contributed by atoms with Crippen LogP contribution in [0, 0.1) is 6.92 Å². The van der Waals surface area contributed by atoms with Crippen LogP contribution in [0.25, 0.3) is 0 Å². The Morgan fingerprint density at radius 3 is 2.65 bits per heavy atom. The molecule has 0 aliphatic carbocycles. The summed E-state index contributed by atoms with van der Waals surface area (Å²) in [5, 5.41) is 2.98. The van der Waals surface area contributed by atoms with Crippen LogP contribution in [0.5, 0.6) is 5.88 Å². The first-order valence-electron chi connectivity index (χ1n) is 5.48. The Balaban J connectivity index is 2.06. The summed E-state index contributed by atoms with van der Waals surface area (Å²) in [6.45, 7) is 2.36. The zero-order valence-electron chi connectivity index (χ0n) is 9.97. The number of benzene rings is 1. The fourth-order valence-electron chi connectivity index (χ4n) is 1.47. The van der Waals surface area contributed by atoms with Crippen molar-refractivity contribution in [2.45, 2.75) is 13.5 Å². The van der Waals surface area contributed by atoms with Gasteiger partial charge >= 0.3 is 0 Å². The van der Waals surface area contributed by atoms with Gasteiger partial charge in [-0.2, -0.15) is 4.98 Å². The Kier molecular flexibility index (Phi) is 3.55. The van der Waals surface area contributed by atoms with E-state index in [1.54, 1.807) is 6.07 Å². The zero-order chi connectivity index (χ0) is 12.1. The fraction of sp³-hybridized carbons (Fsp3) is 0.231. The van der Waals surface area contributed by atoms with Crippen LogP contribution in [-0.4, -0.2) is 17.0 Å². The third-order valence-electron chi connectivity index (χ3n) is 2.30. The predicted octanol–water partition coefficient (Wildman–Crippen LogP) is 2.41. The molecule has 88 valence electrons. The topological polar surface area (TPSA) is 47.0 Å². The van der Waals surface area contributed by atoms with E-state index in [0.717, 1.165) is 11.4 Å². The van der Waals surface area contributed by atoms with Gasteiger partial charge < -0.3 is 10.1 Å². The van der Waals surface area contributed by atoms with Gasteiger partial charge in [-0.1, -0.05) is 30.3 Å². The molecule has 0 unspecified atom stereocenters. The number of rotatable bonds is 4. The van der Waals surface area contributed by atoms with Gasteiger partial charge in [-0.3, -0.25) is 0 Å². The van der Waals surface area contributed by atoms with Crippen LogP contribution in [0.1, 0.15) is 11.4 Å². The van der Waals surface area contributed by atoms with Gasteiger partial charge in [0.1, 0.15) is 18.2 Å². The molecule has 0 fully saturated rings. The maximum absolute atomic E-state index is 5.62. The Morgan fingerprint density at radius 1 is 1.18 bits per heavy atom. The first-order chi connectivity index (χ1) is 8.28. The number of nitrogens with one attached hydrogen (secondary N) is 1. The molecular formula is C13H15N3O. The minimum atomic E-state index is 0.514. The maximum atomic E-state index is 5.62. The van der Waals surface area contributed by atoms with E-state index >= 15 is 0 Å². The van der Waals surface area contributed by atoms with Crippen LogP contribution in [0.2, 0.25) is 0 Å². The molecule has 2 rings (SSSR count).